The maximum atomic E-state index is 13.8. The van der Waals surface area contributed by atoms with Gasteiger partial charge in [-0.2, -0.15) is 0 Å². The van der Waals surface area contributed by atoms with E-state index in [1.807, 2.05) is 20.8 Å². The van der Waals surface area contributed by atoms with E-state index in [4.69, 9.17) is 5.11 Å². The predicted molar refractivity (Wildman–Crippen MR) is 68.9 cm³/mol. The fourth-order valence-corrected chi connectivity index (χ4v) is 2.17. The molecule has 1 aromatic carbocycles. The molecule has 1 rings (SSSR count). The Morgan fingerprint density at radius 1 is 1.32 bits per heavy atom. The van der Waals surface area contributed by atoms with Gasteiger partial charge in [-0.3, -0.25) is 9.69 Å². The zero-order valence-electron chi connectivity index (χ0n) is 11.6. The van der Waals surface area contributed by atoms with E-state index in [0.717, 1.165) is 0 Å². The highest BCUT2D eigenvalue weighted by atomic mass is 19.1. The molecule has 5 heteroatoms. The van der Waals surface area contributed by atoms with Gasteiger partial charge in [0.1, 0.15) is 11.6 Å². The molecule has 106 valence electrons. The highest BCUT2D eigenvalue weighted by Crippen LogP contribution is 2.30. The van der Waals surface area contributed by atoms with E-state index in [2.05, 4.69) is 0 Å². The third kappa shape index (κ3) is 3.73. The van der Waals surface area contributed by atoms with Crippen molar-refractivity contribution in [2.45, 2.75) is 39.3 Å². The number of aliphatic carboxylic acids is 1. The minimum Gasteiger partial charge on any atom is -0.480 e. The third-order valence-corrected chi connectivity index (χ3v) is 3.05. The van der Waals surface area contributed by atoms with Crippen molar-refractivity contribution < 1.29 is 18.7 Å². The molecule has 1 aromatic rings. The van der Waals surface area contributed by atoms with E-state index < -0.39 is 29.2 Å². The number of halogens is 2. The number of benzene rings is 1. The van der Waals surface area contributed by atoms with Crippen LogP contribution in [0.4, 0.5) is 8.78 Å². The van der Waals surface area contributed by atoms with Crippen LogP contribution in [0.25, 0.3) is 0 Å². The predicted octanol–water partition coefficient (Wildman–Crippen LogP) is 3.21. The minimum absolute atomic E-state index is 0.0984. The summed E-state index contributed by atoms with van der Waals surface area (Å²) < 4.78 is 27.5. The standard InChI is InChI=1S/C14H19F2NO2/c1-9(13-10(15)6-5-7-11(13)16)17(8-12(18)19)14(2,3)4/h5-7,9H,8H2,1-4H3,(H,18,19). The number of hydrogen-bond donors (Lipinski definition) is 1. The van der Waals surface area contributed by atoms with Gasteiger partial charge in [0.25, 0.3) is 0 Å². The number of rotatable bonds is 4. The highest BCUT2D eigenvalue weighted by Gasteiger charge is 2.31. The van der Waals surface area contributed by atoms with Crippen LogP contribution in [0, 0.1) is 11.6 Å². The zero-order valence-corrected chi connectivity index (χ0v) is 11.6. The first-order chi connectivity index (χ1) is 8.64. The SMILES string of the molecule is CC(c1c(F)cccc1F)N(CC(=O)O)C(C)(C)C. The van der Waals surface area contributed by atoms with E-state index in [1.54, 1.807) is 11.8 Å². The van der Waals surface area contributed by atoms with Crippen LogP contribution in [0.15, 0.2) is 18.2 Å². The topological polar surface area (TPSA) is 40.5 Å². The second-order valence-corrected chi connectivity index (χ2v) is 5.50. The third-order valence-electron chi connectivity index (χ3n) is 3.05. The van der Waals surface area contributed by atoms with Gasteiger partial charge in [0.05, 0.1) is 6.54 Å². The fourth-order valence-electron chi connectivity index (χ4n) is 2.17. The van der Waals surface area contributed by atoms with Crippen molar-refractivity contribution in [1.82, 2.24) is 4.90 Å². The molecule has 1 atom stereocenters. The van der Waals surface area contributed by atoms with Gasteiger partial charge in [-0.1, -0.05) is 6.07 Å². The second kappa shape index (κ2) is 5.65. The zero-order chi connectivity index (χ0) is 14.8. The lowest BCUT2D eigenvalue weighted by molar-refractivity contribution is -0.140. The summed E-state index contributed by atoms with van der Waals surface area (Å²) in [5.41, 5.74) is -0.620. The van der Waals surface area contributed by atoms with E-state index in [1.165, 1.54) is 18.2 Å². The van der Waals surface area contributed by atoms with E-state index in [9.17, 15) is 13.6 Å². The Balaban J connectivity index is 3.19. The molecule has 0 aliphatic carbocycles. The lowest BCUT2D eigenvalue weighted by Crippen LogP contribution is -2.46. The fraction of sp³-hybridized carbons (Fsp3) is 0.500. The van der Waals surface area contributed by atoms with E-state index in [-0.39, 0.29) is 12.1 Å². The monoisotopic (exact) mass is 271 g/mol. The Morgan fingerprint density at radius 2 is 1.79 bits per heavy atom. The number of carbonyl (C=O) groups is 1. The van der Waals surface area contributed by atoms with Crippen molar-refractivity contribution in [2.75, 3.05) is 6.54 Å². The van der Waals surface area contributed by atoms with Gasteiger partial charge < -0.3 is 5.11 Å². The maximum Gasteiger partial charge on any atom is 0.317 e. The molecule has 0 radical (unpaired) electrons. The van der Waals surface area contributed by atoms with Crippen LogP contribution in [0.1, 0.15) is 39.3 Å². The quantitative estimate of drug-likeness (QED) is 0.914. The average molecular weight is 271 g/mol. The molecule has 0 heterocycles. The highest BCUT2D eigenvalue weighted by molar-refractivity contribution is 5.69. The van der Waals surface area contributed by atoms with Crippen molar-refractivity contribution >= 4 is 5.97 Å². The molecule has 0 amide bonds. The van der Waals surface area contributed by atoms with Gasteiger partial charge in [0, 0.05) is 17.1 Å². The summed E-state index contributed by atoms with van der Waals surface area (Å²) in [5, 5.41) is 8.95. The molecule has 0 bridgehead atoms. The van der Waals surface area contributed by atoms with Crippen LogP contribution < -0.4 is 0 Å². The van der Waals surface area contributed by atoms with Gasteiger partial charge in [-0.05, 0) is 39.8 Å². The summed E-state index contributed by atoms with van der Waals surface area (Å²) in [6, 6.07) is 2.98. The second-order valence-electron chi connectivity index (χ2n) is 5.50. The van der Waals surface area contributed by atoms with Gasteiger partial charge in [0.15, 0.2) is 0 Å². The Morgan fingerprint density at radius 3 is 2.16 bits per heavy atom. The molecule has 1 unspecified atom stereocenters. The van der Waals surface area contributed by atoms with Gasteiger partial charge in [-0.15, -0.1) is 0 Å². The first-order valence-corrected chi connectivity index (χ1v) is 6.07. The first-order valence-electron chi connectivity index (χ1n) is 6.07. The molecule has 19 heavy (non-hydrogen) atoms. The lowest BCUT2D eigenvalue weighted by atomic mass is 9.98. The Hall–Kier alpha value is -1.49. The molecule has 0 saturated heterocycles. The van der Waals surface area contributed by atoms with Crippen molar-refractivity contribution in [3.8, 4) is 0 Å². The van der Waals surface area contributed by atoms with E-state index in [0.29, 0.717) is 0 Å². The normalized spacial score (nSPS) is 13.6. The molecule has 3 nitrogen and oxygen atoms in total. The molecule has 1 N–H and O–H groups in total. The van der Waals surface area contributed by atoms with Gasteiger partial charge in [-0.25, -0.2) is 8.78 Å². The van der Waals surface area contributed by atoms with Crippen LogP contribution in [-0.2, 0) is 4.79 Å². The van der Waals surface area contributed by atoms with Crippen molar-refractivity contribution in [3.05, 3.63) is 35.4 Å². The van der Waals surface area contributed by atoms with Crippen LogP contribution >= 0.6 is 0 Å². The Bertz CT molecular complexity index is 449. The summed E-state index contributed by atoms with van der Waals surface area (Å²) in [6.07, 6.45) is 0. The molecule has 0 aliphatic heterocycles. The number of nitrogens with zero attached hydrogens (tertiary/aromatic N) is 1. The maximum absolute atomic E-state index is 13.8. The van der Waals surface area contributed by atoms with Gasteiger partial charge in [0.2, 0.25) is 0 Å². The smallest absolute Gasteiger partial charge is 0.317 e. The summed E-state index contributed by atoms with van der Waals surface area (Å²) in [4.78, 5) is 12.5. The molecule has 0 saturated carbocycles. The summed E-state index contributed by atoms with van der Waals surface area (Å²) >= 11 is 0. The molecular weight excluding hydrogens is 252 g/mol. The van der Waals surface area contributed by atoms with Crippen molar-refractivity contribution in [3.63, 3.8) is 0 Å². The van der Waals surface area contributed by atoms with Crippen LogP contribution in [-0.4, -0.2) is 28.1 Å². The molecule has 0 spiro atoms. The van der Waals surface area contributed by atoms with Crippen molar-refractivity contribution in [1.29, 1.82) is 0 Å². The molecule has 0 aromatic heterocycles. The number of carboxylic acid groups (broad SMARTS) is 1. The minimum atomic E-state index is -1.03. The number of carboxylic acids is 1. The first kappa shape index (κ1) is 15.6. The lowest BCUT2D eigenvalue weighted by Gasteiger charge is -2.39. The van der Waals surface area contributed by atoms with Crippen molar-refractivity contribution in [2.24, 2.45) is 0 Å². The van der Waals surface area contributed by atoms with Gasteiger partial charge >= 0.3 is 5.97 Å². The largest absolute Gasteiger partial charge is 0.480 e. The van der Waals surface area contributed by atoms with Crippen LogP contribution in [0.5, 0.6) is 0 Å². The van der Waals surface area contributed by atoms with E-state index >= 15 is 0 Å². The summed E-state index contributed by atoms with van der Waals surface area (Å²) in [7, 11) is 0. The molecule has 0 aliphatic rings. The van der Waals surface area contributed by atoms with Crippen LogP contribution in [0.3, 0.4) is 0 Å². The average Bonchev–Trinajstić information content (AvgIpc) is 2.23. The molecule has 0 fully saturated rings. The summed E-state index contributed by atoms with van der Waals surface area (Å²) in [6.45, 7) is 6.76. The Kier molecular flexibility index (Phi) is 4.63. The Labute approximate surface area is 111 Å². The van der Waals surface area contributed by atoms with Crippen LogP contribution in [0.2, 0.25) is 0 Å². The molecular formula is C14H19F2NO2. The number of hydrogen-bond acceptors (Lipinski definition) is 2. The summed E-state index contributed by atoms with van der Waals surface area (Å²) in [5.74, 6) is -2.35.